The number of aliphatic hydroxyl groups is 1. The summed E-state index contributed by atoms with van der Waals surface area (Å²) in [5.74, 6) is -0.348. The summed E-state index contributed by atoms with van der Waals surface area (Å²) in [7, 11) is 0. The molecule has 0 bridgehead atoms. The molecule has 1 N–H and O–H groups in total. The van der Waals surface area contributed by atoms with Crippen molar-refractivity contribution in [2.75, 3.05) is 0 Å². The molecule has 1 atom stereocenters. The van der Waals surface area contributed by atoms with E-state index in [0.29, 0.717) is 17.0 Å². The molecular weight excluding hydrogens is 239 g/mol. The molecule has 1 aliphatic carbocycles. The van der Waals surface area contributed by atoms with E-state index in [1.165, 1.54) is 18.2 Å². The lowest BCUT2D eigenvalue weighted by atomic mass is 9.62. The predicted molar refractivity (Wildman–Crippen MR) is 67.6 cm³/mol. The van der Waals surface area contributed by atoms with Gasteiger partial charge in [0.2, 0.25) is 0 Å². The minimum atomic E-state index is -1.02. The van der Waals surface area contributed by atoms with Crippen LogP contribution in [0, 0.1) is 11.2 Å². The lowest BCUT2D eigenvalue weighted by Gasteiger charge is -2.47. The molecule has 0 spiro atoms. The van der Waals surface area contributed by atoms with Crippen LogP contribution in [0.3, 0.4) is 0 Å². The van der Waals surface area contributed by atoms with Crippen molar-refractivity contribution < 1.29 is 9.50 Å². The van der Waals surface area contributed by atoms with Crippen molar-refractivity contribution in [1.29, 1.82) is 0 Å². The number of halogens is 2. The molecule has 1 saturated carbocycles. The SMILES string of the molecule is CC1(C)CCCCC1(O)c1cc(F)ccc1Cl. The van der Waals surface area contributed by atoms with Crippen molar-refractivity contribution in [3.63, 3.8) is 0 Å². The Morgan fingerprint density at radius 2 is 1.88 bits per heavy atom. The Balaban J connectivity index is 2.52. The third kappa shape index (κ3) is 2.09. The van der Waals surface area contributed by atoms with Crippen LogP contribution in [-0.2, 0) is 5.60 Å². The summed E-state index contributed by atoms with van der Waals surface area (Å²) in [4.78, 5) is 0. The fourth-order valence-electron chi connectivity index (χ4n) is 2.81. The second-order valence-electron chi connectivity index (χ2n) is 5.58. The van der Waals surface area contributed by atoms with E-state index < -0.39 is 5.60 Å². The molecule has 0 aliphatic heterocycles. The predicted octanol–water partition coefficient (Wildman–Crippen LogP) is 4.27. The van der Waals surface area contributed by atoms with Gasteiger partial charge in [-0.15, -0.1) is 0 Å². The lowest BCUT2D eigenvalue weighted by molar-refractivity contribution is -0.104. The summed E-state index contributed by atoms with van der Waals surface area (Å²) >= 11 is 6.12. The van der Waals surface area contributed by atoms with Crippen molar-refractivity contribution in [2.45, 2.75) is 45.1 Å². The highest BCUT2D eigenvalue weighted by atomic mass is 35.5. The molecule has 94 valence electrons. The molecule has 1 nitrogen and oxygen atoms in total. The normalized spacial score (nSPS) is 28.1. The van der Waals surface area contributed by atoms with E-state index in [1.807, 2.05) is 13.8 Å². The lowest BCUT2D eigenvalue weighted by Crippen LogP contribution is -2.44. The van der Waals surface area contributed by atoms with E-state index in [1.54, 1.807) is 0 Å². The van der Waals surface area contributed by atoms with E-state index in [9.17, 15) is 9.50 Å². The monoisotopic (exact) mass is 256 g/mol. The van der Waals surface area contributed by atoms with Crippen LogP contribution in [0.15, 0.2) is 18.2 Å². The van der Waals surface area contributed by atoms with Gasteiger partial charge in [0.05, 0.1) is 5.60 Å². The summed E-state index contributed by atoms with van der Waals surface area (Å²) in [6.07, 6.45) is 3.62. The molecule has 1 fully saturated rings. The molecule has 0 heterocycles. The summed E-state index contributed by atoms with van der Waals surface area (Å²) in [6, 6.07) is 4.22. The van der Waals surface area contributed by atoms with Crippen LogP contribution in [0.1, 0.15) is 45.1 Å². The van der Waals surface area contributed by atoms with Gasteiger partial charge >= 0.3 is 0 Å². The Kier molecular flexibility index (Phi) is 3.21. The van der Waals surface area contributed by atoms with Gasteiger partial charge in [0.15, 0.2) is 0 Å². The zero-order valence-corrected chi connectivity index (χ0v) is 11.0. The molecule has 2 rings (SSSR count). The van der Waals surface area contributed by atoms with Crippen molar-refractivity contribution in [3.8, 4) is 0 Å². The highest BCUT2D eigenvalue weighted by Gasteiger charge is 2.47. The van der Waals surface area contributed by atoms with Gasteiger partial charge in [0.1, 0.15) is 5.82 Å². The van der Waals surface area contributed by atoms with Crippen LogP contribution in [0.4, 0.5) is 4.39 Å². The summed E-state index contributed by atoms with van der Waals surface area (Å²) in [6.45, 7) is 4.04. The zero-order valence-electron chi connectivity index (χ0n) is 10.3. The van der Waals surface area contributed by atoms with Crippen LogP contribution >= 0.6 is 11.6 Å². The standard InChI is InChI=1S/C14H18ClFO/c1-13(2)7-3-4-8-14(13,17)11-9-10(16)5-6-12(11)15/h5-6,9,17H,3-4,7-8H2,1-2H3. The Morgan fingerprint density at radius 1 is 1.24 bits per heavy atom. The van der Waals surface area contributed by atoms with Gasteiger partial charge in [0, 0.05) is 10.6 Å². The number of hydrogen-bond donors (Lipinski definition) is 1. The second-order valence-corrected chi connectivity index (χ2v) is 5.98. The van der Waals surface area contributed by atoms with E-state index in [4.69, 9.17) is 11.6 Å². The van der Waals surface area contributed by atoms with Gasteiger partial charge in [-0.3, -0.25) is 0 Å². The van der Waals surface area contributed by atoms with Crippen LogP contribution in [0.25, 0.3) is 0 Å². The topological polar surface area (TPSA) is 20.2 Å². The van der Waals surface area contributed by atoms with Crippen molar-refractivity contribution in [3.05, 3.63) is 34.6 Å². The number of rotatable bonds is 1. The largest absolute Gasteiger partial charge is 0.385 e. The average molecular weight is 257 g/mol. The first kappa shape index (κ1) is 12.8. The Hall–Kier alpha value is -0.600. The third-order valence-electron chi connectivity index (χ3n) is 4.08. The van der Waals surface area contributed by atoms with Gasteiger partial charge in [-0.1, -0.05) is 38.3 Å². The van der Waals surface area contributed by atoms with Gasteiger partial charge < -0.3 is 5.11 Å². The summed E-state index contributed by atoms with van der Waals surface area (Å²) in [5, 5.41) is 11.4. The highest BCUT2D eigenvalue weighted by molar-refractivity contribution is 6.31. The fourth-order valence-corrected chi connectivity index (χ4v) is 3.08. The first-order valence-corrected chi connectivity index (χ1v) is 6.42. The molecule has 17 heavy (non-hydrogen) atoms. The summed E-state index contributed by atoms with van der Waals surface area (Å²) < 4.78 is 13.4. The fraction of sp³-hybridized carbons (Fsp3) is 0.571. The molecule has 0 aromatic heterocycles. The minimum Gasteiger partial charge on any atom is -0.385 e. The smallest absolute Gasteiger partial charge is 0.123 e. The maximum Gasteiger partial charge on any atom is 0.123 e. The maximum absolute atomic E-state index is 13.4. The van der Waals surface area contributed by atoms with Crippen LogP contribution in [0.5, 0.6) is 0 Å². The quantitative estimate of drug-likeness (QED) is 0.796. The second kappa shape index (κ2) is 4.25. The third-order valence-corrected chi connectivity index (χ3v) is 4.41. The first-order valence-electron chi connectivity index (χ1n) is 6.05. The van der Waals surface area contributed by atoms with E-state index in [0.717, 1.165) is 19.3 Å². The molecular formula is C14H18ClFO. The Bertz CT molecular complexity index is 430. The molecule has 0 amide bonds. The van der Waals surface area contributed by atoms with E-state index >= 15 is 0 Å². The van der Waals surface area contributed by atoms with Crippen molar-refractivity contribution in [2.24, 2.45) is 5.41 Å². The number of hydrogen-bond acceptors (Lipinski definition) is 1. The van der Waals surface area contributed by atoms with E-state index in [-0.39, 0.29) is 11.2 Å². The number of benzene rings is 1. The van der Waals surface area contributed by atoms with Gasteiger partial charge in [-0.2, -0.15) is 0 Å². The Morgan fingerprint density at radius 3 is 2.53 bits per heavy atom. The van der Waals surface area contributed by atoms with Gasteiger partial charge in [-0.25, -0.2) is 4.39 Å². The molecule has 0 saturated heterocycles. The van der Waals surface area contributed by atoms with Crippen LogP contribution < -0.4 is 0 Å². The van der Waals surface area contributed by atoms with Crippen molar-refractivity contribution in [1.82, 2.24) is 0 Å². The molecule has 3 heteroatoms. The minimum absolute atomic E-state index is 0.275. The summed E-state index contributed by atoms with van der Waals surface area (Å²) in [5.41, 5.74) is -0.767. The van der Waals surface area contributed by atoms with Gasteiger partial charge in [-0.05, 0) is 36.5 Å². The van der Waals surface area contributed by atoms with Crippen molar-refractivity contribution >= 4 is 11.6 Å². The Labute approximate surface area is 107 Å². The van der Waals surface area contributed by atoms with Gasteiger partial charge in [0.25, 0.3) is 0 Å². The van der Waals surface area contributed by atoms with Crippen LogP contribution in [-0.4, -0.2) is 5.11 Å². The molecule has 1 aromatic carbocycles. The molecule has 1 unspecified atom stereocenters. The van der Waals surface area contributed by atoms with Crippen LogP contribution in [0.2, 0.25) is 5.02 Å². The maximum atomic E-state index is 13.4. The molecule has 1 aromatic rings. The first-order chi connectivity index (χ1) is 7.87. The molecule has 0 radical (unpaired) electrons. The zero-order chi connectivity index (χ0) is 12.7. The average Bonchev–Trinajstić information content (AvgIpc) is 2.26. The highest BCUT2D eigenvalue weighted by Crippen LogP contribution is 2.51. The van der Waals surface area contributed by atoms with E-state index in [2.05, 4.69) is 0 Å². The molecule has 1 aliphatic rings.